The monoisotopic (exact) mass is 151 g/mol. The normalized spacial score (nSPS) is 10.2. The van der Waals surface area contributed by atoms with Gasteiger partial charge in [0.2, 0.25) is 0 Å². The van der Waals surface area contributed by atoms with E-state index in [1.165, 1.54) is 0 Å². The van der Waals surface area contributed by atoms with Gasteiger partial charge in [-0.2, -0.15) is 0 Å². The van der Waals surface area contributed by atoms with E-state index in [1.54, 1.807) is 13.0 Å². The molecule has 0 fully saturated rings. The molecule has 0 aliphatic heterocycles. The Morgan fingerprint density at radius 2 is 1.82 bits per heavy atom. The summed E-state index contributed by atoms with van der Waals surface area (Å²) < 4.78 is 12.9. The summed E-state index contributed by atoms with van der Waals surface area (Å²) in [5.41, 5.74) is 2.82. The minimum absolute atomic E-state index is 0.117. The lowest BCUT2D eigenvalue weighted by Crippen LogP contribution is -1.89. The highest BCUT2D eigenvalue weighted by Gasteiger charge is 2.01. The van der Waals surface area contributed by atoms with Gasteiger partial charge in [0.25, 0.3) is 0 Å². The van der Waals surface area contributed by atoms with Crippen LogP contribution in [0.2, 0.25) is 0 Å². The third-order valence-electron chi connectivity index (χ3n) is 1.86. The third kappa shape index (κ3) is 1.59. The van der Waals surface area contributed by atoms with Gasteiger partial charge in [-0.25, -0.2) is 4.39 Å². The van der Waals surface area contributed by atoms with E-state index in [2.05, 4.69) is 0 Å². The lowest BCUT2D eigenvalue weighted by Gasteiger charge is -2.04. The van der Waals surface area contributed by atoms with Crippen molar-refractivity contribution in [3.8, 4) is 0 Å². The van der Waals surface area contributed by atoms with Crippen LogP contribution in [-0.4, -0.2) is 0 Å². The van der Waals surface area contributed by atoms with E-state index in [4.69, 9.17) is 0 Å². The number of hydrogen-bond donors (Lipinski definition) is 0. The van der Waals surface area contributed by atoms with Crippen molar-refractivity contribution in [2.24, 2.45) is 0 Å². The van der Waals surface area contributed by atoms with Crippen molar-refractivity contribution in [3.05, 3.63) is 41.1 Å². The Balaban J connectivity index is 3.21. The van der Waals surface area contributed by atoms with Crippen molar-refractivity contribution in [1.82, 2.24) is 0 Å². The standard InChI is InChI=1S/C10H12F/c1-4-9-5-8(3)10(11)6-7(9)2/h4-6H,1-3H3. The number of benzene rings is 1. The fourth-order valence-corrected chi connectivity index (χ4v) is 1.11. The van der Waals surface area contributed by atoms with Crippen LogP contribution in [0.1, 0.15) is 23.6 Å². The summed E-state index contributed by atoms with van der Waals surface area (Å²) in [6.07, 6.45) is 1.99. The molecule has 1 aromatic carbocycles. The highest BCUT2D eigenvalue weighted by atomic mass is 19.1. The molecule has 1 radical (unpaired) electrons. The van der Waals surface area contributed by atoms with E-state index in [-0.39, 0.29) is 5.82 Å². The zero-order valence-corrected chi connectivity index (χ0v) is 7.11. The molecule has 0 aliphatic rings. The van der Waals surface area contributed by atoms with Gasteiger partial charge < -0.3 is 0 Å². The lowest BCUT2D eigenvalue weighted by atomic mass is 10.0. The molecule has 0 heterocycles. The van der Waals surface area contributed by atoms with Crippen LogP contribution in [0.4, 0.5) is 4.39 Å². The van der Waals surface area contributed by atoms with E-state index >= 15 is 0 Å². The van der Waals surface area contributed by atoms with Crippen molar-refractivity contribution in [2.75, 3.05) is 0 Å². The van der Waals surface area contributed by atoms with Gasteiger partial charge in [-0.3, -0.25) is 0 Å². The predicted octanol–water partition coefficient (Wildman–Crippen LogP) is 3.01. The van der Waals surface area contributed by atoms with E-state index in [1.807, 2.05) is 26.3 Å². The Labute approximate surface area is 67.1 Å². The number of hydrogen-bond acceptors (Lipinski definition) is 0. The molecule has 0 saturated carbocycles. The van der Waals surface area contributed by atoms with Crippen molar-refractivity contribution in [2.45, 2.75) is 20.8 Å². The number of aryl methyl sites for hydroxylation is 2. The van der Waals surface area contributed by atoms with E-state index in [0.29, 0.717) is 5.56 Å². The summed E-state index contributed by atoms with van der Waals surface area (Å²) in [5.74, 6) is -0.117. The molecular weight excluding hydrogens is 139 g/mol. The van der Waals surface area contributed by atoms with Crippen LogP contribution in [0, 0.1) is 26.1 Å². The van der Waals surface area contributed by atoms with Crippen molar-refractivity contribution < 1.29 is 4.39 Å². The Morgan fingerprint density at radius 1 is 1.18 bits per heavy atom. The molecular formula is C10H12F. The molecule has 1 rings (SSSR count). The summed E-state index contributed by atoms with van der Waals surface area (Å²) in [6.45, 7) is 5.65. The maximum atomic E-state index is 12.9. The first-order valence-electron chi connectivity index (χ1n) is 3.71. The van der Waals surface area contributed by atoms with Gasteiger partial charge in [-0.15, -0.1) is 0 Å². The highest BCUT2D eigenvalue weighted by Crippen LogP contribution is 2.15. The highest BCUT2D eigenvalue weighted by molar-refractivity contribution is 5.35. The molecule has 0 atom stereocenters. The van der Waals surface area contributed by atoms with E-state index < -0.39 is 0 Å². The lowest BCUT2D eigenvalue weighted by molar-refractivity contribution is 0.617. The maximum Gasteiger partial charge on any atom is 0.126 e. The van der Waals surface area contributed by atoms with Crippen LogP contribution < -0.4 is 0 Å². The quantitative estimate of drug-likeness (QED) is 0.578. The molecule has 0 spiro atoms. The van der Waals surface area contributed by atoms with Crippen LogP contribution in [0.5, 0.6) is 0 Å². The average molecular weight is 151 g/mol. The maximum absolute atomic E-state index is 12.9. The second-order valence-electron chi connectivity index (χ2n) is 2.75. The van der Waals surface area contributed by atoms with Gasteiger partial charge in [0.15, 0.2) is 0 Å². The zero-order chi connectivity index (χ0) is 8.43. The molecule has 0 aromatic heterocycles. The first-order chi connectivity index (χ1) is 5.15. The van der Waals surface area contributed by atoms with Crippen molar-refractivity contribution in [1.29, 1.82) is 0 Å². The van der Waals surface area contributed by atoms with Gasteiger partial charge >= 0.3 is 0 Å². The molecule has 11 heavy (non-hydrogen) atoms. The number of halogens is 1. The Morgan fingerprint density at radius 3 is 2.36 bits per heavy atom. The van der Waals surface area contributed by atoms with Gasteiger partial charge in [-0.05, 0) is 43.0 Å². The van der Waals surface area contributed by atoms with Gasteiger partial charge in [0, 0.05) is 0 Å². The smallest absolute Gasteiger partial charge is 0.126 e. The minimum atomic E-state index is -0.117. The average Bonchev–Trinajstić information content (AvgIpc) is 1.97. The molecule has 0 saturated heterocycles. The van der Waals surface area contributed by atoms with Crippen molar-refractivity contribution >= 4 is 0 Å². The predicted molar refractivity (Wildman–Crippen MR) is 45.0 cm³/mol. The summed E-state index contributed by atoms with van der Waals surface area (Å²) in [5, 5.41) is 0. The second-order valence-corrected chi connectivity index (χ2v) is 2.75. The zero-order valence-electron chi connectivity index (χ0n) is 7.11. The molecule has 0 unspecified atom stereocenters. The van der Waals surface area contributed by atoms with E-state index in [9.17, 15) is 4.39 Å². The summed E-state index contributed by atoms with van der Waals surface area (Å²) in [6, 6.07) is 3.44. The molecule has 0 amide bonds. The topological polar surface area (TPSA) is 0 Å². The van der Waals surface area contributed by atoms with Gasteiger partial charge in [-0.1, -0.05) is 13.0 Å². The third-order valence-corrected chi connectivity index (χ3v) is 1.86. The summed E-state index contributed by atoms with van der Waals surface area (Å²) in [4.78, 5) is 0. The fourth-order valence-electron chi connectivity index (χ4n) is 1.11. The molecule has 59 valence electrons. The molecule has 1 heteroatoms. The number of rotatable bonds is 1. The van der Waals surface area contributed by atoms with Crippen molar-refractivity contribution in [3.63, 3.8) is 0 Å². The van der Waals surface area contributed by atoms with Crippen LogP contribution in [0.15, 0.2) is 12.1 Å². The Hall–Kier alpha value is -0.850. The first kappa shape index (κ1) is 8.25. The minimum Gasteiger partial charge on any atom is -0.207 e. The Kier molecular flexibility index (Phi) is 2.28. The SMILES string of the molecule is C[CH]c1cc(C)c(F)cc1C. The molecule has 0 bridgehead atoms. The van der Waals surface area contributed by atoms with Crippen LogP contribution >= 0.6 is 0 Å². The largest absolute Gasteiger partial charge is 0.207 e. The van der Waals surface area contributed by atoms with Crippen LogP contribution in [-0.2, 0) is 0 Å². The van der Waals surface area contributed by atoms with Gasteiger partial charge in [0.1, 0.15) is 5.82 Å². The van der Waals surface area contributed by atoms with Crippen LogP contribution in [0.3, 0.4) is 0 Å². The molecule has 0 N–H and O–H groups in total. The van der Waals surface area contributed by atoms with Gasteiger partial charge in [0.05, 0.1) is 0 Å². The van der Waals surface area contributed by atoms with E-state index in [0.717, 1.165) is 11.1 Å². The molecule has 0 nitrogen and oxygen atoms in total. The van der Waals surface area contributed by atoms with Crippen LogP contribution in [0.25, 0.3) is 0 Å². The fraction of sp³-hybridized carbons (Fsp3) is 0.300. The second kappa shape index (κ2) is 3.04. The first-order valence-corrected chi connectivity index (χ1v) is 3.71. The summed E-state index contributed by atoms with van der Waals surface area (Å²) >= 11 is 0. The molecule has 1 aromatic rings. The Bertz CT molecular complexity index is 264. The molecule has 0 aliphatic carbocycles. The summed E-state index contributed by atoms with van der Waals surface area (Å²) in [7, 11) is 0.